The van der Waals surface area contributed by atoms with Gasteiger partial charge in [-0.3, -0.25) is 4.79 Å². The molecule has 1 unspecified atom stereocenters. The molecule has 3 aromatic rings. The number of thiophene rings is 2. The summed E-state index contributed by atoms with van der Waals surface area (Å²) in [6.45, 7) is 1.69. The maximum atomic E-state index is 11.3. The van der Waals surface area contributed by atoms with Crippen molar-refractivity contribution in [3.8, 4) is 10.6 Å². The zero-order chi connectivity index (χ0) is 22.0. The van der Waals surface area contributed by atoms with Gasteiger partial charge in [0.05, 0.1) is 27.1 Å². The molecule has 0 fully saturated rings. The second kappa shape index (κ2) is 9.16. The Morgan fingerprint density at radius 3 is 2.94 bits per heavy atom. The highest BCUT2D eigenvalue weighted by Crippen LogP contribution is 2.58. The number of hydrogen-bond acceptors (Lipinski definition) is 7. The van der Waals surface area contributed by atoms with E-state index in [4.69, 9.17) is 15.5 Å². The molecule has 8 heteroatoms. The fourth-order valence-corrected chi connectivity index (χ4v) is 7.89. The van der Waals surface area contributed by atoms with Crippen molar-refractivity contribution >= 4 is 60.4 Å². The molecule has 1 aliphatic carbocycles. The Labute approximate surface area is 191 Å². The van der Waals surface area contributed by atoms with Crippen LogP contribution in [-0.2, 0) is 9.53 Å². The Kier molecular flexibility index (Phi) is 6.52. The van der Waals surface area contributed by atoms with E-state index >= 15 is 0 Å². The van der Waals surface area contributed by atoms with Crippen molar-refractivity contribution in [2.24, 2.45) is 0 Å². The van der Waals surface area contributed by atoms with Crippen LogP contribution >= 0.6 is 33.0 Å². The molecule has 31 heavy (non-hydrogen) atoms. The van der Waals surface area contributed by atoms with Gasteiger partial charge in [0.15, 0.2) is 0 Å². The van der Waals surface area contributed by atoms with Crippen LogP contribution in [0.2, 0.25) is 0 Å². The predicted octanol–water partition coefficient (Wildman–Crippen LogP) is 6.56. The van der Waals surface area contributed by atoms with Gasteiger partial charge in [0.25, 0.3) is 0 Å². The molecule has 3 heterocycles. The average molecular weight is 475 g/mol. The Morgan fingerprint density at radius 2 is 2.26 bits per heavy atom. The van der Waals surface area contributed by atoms with Crippen LogP contribution in [0.3, 0.4) is 0 Å². The largest absolute Gasteiger partial charge is 0.466 e. The molecule has 1 atom stereocenters. The van der Waals surface area contributed by atoms with Crippen molar-refractivity contribution in [3.05, 3.63) is 47.4 Å². The SMILES string of the molecule is CC(=O)OCCCS(C)(O)c1sc2nc(-c3cccs3)cc(C3=CC=CCC3)c2c1N. The summed E-state index contributed by atoms with van der Waals surface area (Å²) >= 11 is 3.15. The third-order valence-electron chi connectivity index (χ3n) is 5.19. The molecular weight excluding hydrogens is 448 g/mol. The van der Waals surface area contributed by atoms with Crippen LogP contribution in [0.15, 0.2) is 46.0 Å². The van der Waals surface area contributed by atoms with Crippen LogP contribution in [0.1, 0.15) is 31.7 Å². The normalized spacial score (nSPS) is 16.7. The second-order valence-electron chi connectivity index (χ2n) is 7.61. The zero-order valence-electron chi connectivity index (χ0n) is 17.6. The molecule has 4 rings (SSSR count). The lowest BCUT2D eigenvalue weighted by Gasteiger charge is -2.28. The number of allylic oxidation sites excluding steroid dienone is 4. The second-order valence-corrected chi connectivity index (χ2v) is 12.7. The van der Waals surface area contributed by atoms with E-state index in [1.807, 2.05) is 12.3 Å². The molecule has 0 amide bonds. The maximum absolute atomic E-state index is 11.3. The fourth-order valence-electron chi connectivity index (χ4n) is 3.71. The van der Waals surface area contributed by atoms with Crippen LogP contribution < -0.4 is 5.73 Å². The highest BCUT2D eigenvalue weighted by Gasteiger charge is 2.27. The molecule has 0 spiro atoms. The van der Waals surface area contributed by atoms with Gasteiger partial charge in [0.2, 0.25) is 0 Å². The number of anilines is 1. The summed E-state index contributed by atoms with van der Waals surface area (Å²) < 4.78 is 17.1. The van der Waals surface area contributed by atoms with E-state index in [1.54, 1.807) is 11.3 Å². The molecule has 5 nitrogen and oxygen atoms in total. The van der Waals surface area contributed by atoms with Gasteiger partial charge in [-0.15, -0.1) is 33.0 Å². The Hall–Kier alpha value is -2.13. The smallest absolute Gasteiger partial charge is 0.302 e. The van der Waals surface area contributed by atoms with Gasteiger partial charge < -0.3 is 15.0 Å². The molecule has 3 N–H and O–H groups in total. The molecule has 164 valence electrons. The Balaban J connectivity index is 1.78. The van der Waals surface area contributed by atoms with Crippen LogP contribution in [-0.4, -0.2) is 34.1 Å². The lowest BCUT2D eigenvalue weighted by molar-refractivity contribution is -0.140. The van der Waals surface area contributed by atoms with Gasteiger partial charge in [0, 0.05) is 18.1 Å². The number of carbonyl (C=O) groups excluding carboxylic acids is 1. The standard InChI is InChI=1S/C23H26N2O3S3/c1-15(26)28-11-7-13-31(2,27)23-21(24)20-17(16-8-4-3-5-9-16)14-18(25-22(20)30-23)19-10-6-12-29-19/h3-4,6,8,10,12,14,27H,5,7,9,11,13,24H2,1-2H3. The number of rotatable bonds is 7. The average Bonchev–Trinajstić information content (AvgIpc) is 3.40. The Bertz CT molecular complexity index is 1160. The minimum absolute atomic E-state index is 0.300. The Morgan fingerprint density at radius 1 is 1.42 bits per heavy atom. The van der Waals surface area contributed by atoms with Crippen molar-refractivity contribution < 1.29 is 14.1 Å². The topological polar surface area (TPSA) is 85.4 Å². The lowest BCUT2D eigenvalue weighted by atomic mass is 9.95. The zero-order valence-corrected chi connectivity index (χ0v) is 20.0. The summed E-state index contributed by atoms with van der Waals surface area (Å²) in [6.07, 6.45) is 10.8. The van der Waals surface area contributed by atoms with Crippen molar-refractivity contribution in [1.82, 2.24) is 4.98 Å². The summed E-state index contributed by atoms with van der Waals surface area (Å²) in [7, 11) is -2.13. The summed E-state index contributed by atoms with van der Waals surface area (Å²) in [4.78, 5) is 17.9. The number of nitrogens with two attached hydrogens (primary N) is 1. The van der Waals surface area contributed by atoms with Crippen molar-refractivity contribution in [2.45, 2.75) is 30.4 Å². The van der Waals surface area contributed by atoms with E-state index in [9.17, 15) is 9.35 Å². The highest BCUT2D eigenvalue weighted by molar-refractivity contribution is 8.29. The number of nitrogen functional groups attached to an aromatic ring is 1. The molecule has 3 aromatic heterocycles. The number of esters is 1. The van der Waals surface area contributed by atoms with E-state index in [1.165, 1.54) is 23.8 Å². The van der Waals surface area contributed by atoms with E-state index < -0.39 is 10.3 Å². The molecule has 1 aliphatic rings. The third-order valence-corrected chi connectivity index (χ3v) is 10.4. The molecule has 0 radical (unpaired) electrons. The van der Waals surface area contributed by atoms with E-state index in [2.05, 4.69) is 35.7 Å². The summed E-state index contributed by atoms with van der Waals surface area (Å²) in [5, 5.41) is 2.99. The van der Waals surface area contributed by atoms with Crippen LogP contribution in [0, 0.1) is 0 Å². The highest BCUT2D eigenvalue weighted by atomic mass is 32.3. The number of pyridine rings is 1. The number of carbonyl (C=O) groups is 1. The van der Waals surface area contributed by atoms with Gasteiger partial charge in [-0.1, -0.05) is 24.3 Å². The number of ether oxygens (including phenoxy) is 1. The van der Waals surface area contributed by atoms with Gasteiger partial charge in [0.1, 0.15) is 4.83 Å². The van der Waals surface area contributed by atoms with Gasteiger partial charge >= 0.3 is 5.97 Å². The third kappa shape index (κ3) is 4.72. The monoisotopic (exact) mass is 474 g/mol. The summed E-state index contributed by atoms with van der Waals surface area (Å²) in [6, 6.07) is 6.24. The molecule has 0 saturated heterocycles. The minimum atomic E-state index is -2.13. The van der Waals surface area contributed by atoms with E-state index in [0.717, 1.165) is 43.4 Å². The molecule has 0 aliphatic heterocycles. The van der Waals surface area contributed by atoms with Crippen LogP contribution in [0.25, 0.3) is 26.4 Å². The first-order valence-electron chi connectivity index (χ1n) is 10.1. The first-order chi connectivity index (χ1) is 14.9. The summed E-state index contributed by atoms with van der Waals surface area (Å²) in [5.74, 6) is 0.219. The van der Waals surface area contributed by atoms with Gasteiger partial charge in [-0.05, 0) is 54.2 Å². The van der Waals surface area contributed by atoms with Crippen molar-refractivity contribution in [3.63, 3.8) is 0 Å². The fraction of sp³-hybridized carbons (Fsp3) is 0.304. The van der Waals surface area contributed by atoms with Crippen molar-refractivity contribution in [2.75, 3.05) is 24.3 Å². The van der Waals surface area contributed by atoms with Crippen molar-refractivity contribution in [1.29, 1.82) is 0 Å². The minimum Gasteiger partial charge on any atom is -0.466 e. The van der Waals surface area contributed by atoms with Crippen LogP contribution in [0.5, 0.6) is 0 Å². The number of nitrogens with zero attached hydrogens (tertiary/aromatic N) is 1. The van der Waals surface area contributed by atoms with Gasteiger partial charge in [-0.25, -0.2) is 4.98 Å². The first kappa shape index (κ1) is 22.1. The number of aromatic nitrogens is 1. The molecular formula is C23H26N2O3S3. The maximum Gasteiger partial charge on any atom is 0.302 e. The quantitative estimate of drug-likeness (QED) is 0.299. The molecule has 0 saturated carbocycles. The molecule has 0 aromatic carbocycles. The van der Waals surface area contributed by atoms with Crippen LogP contribution in [0.4, 0.5) is 5.69 Å². The number of hydrogen-bond donors (Lipinski definition) is 2. The lowest BCUT2D eigenvalue weighted by Crippen LogP contribution is -2.08. The first-order valence-corrected chi connectivity index (χ1v) is 14.0. The van der Waals surface area contributed by atoms with E-state index in [-0.39, 0.29) is 5.97 Å². The van der Waals surface area contributed by atoms with E-state index in [0.29, 0.717) is 24.5 Å². The predicted molar refractivity (Wildman–Crippen MR) is 134 cm³/mol. The molecule has 0 bridgehead atoms. The van der Waals surface area contributed by atoms with Gasteiger partial charge in [-0.2, -0.15) is 0 Å². The summed E-state index contributed by atoms with van der Waals surface area (Å²) in [5.41, 5.74) is 10.6. The number of fused-ring (bicyclic) bond motifs is 1.